The van der Waals surface area contributed by atoms with Crippen molar-refractivity contribution in [1.82, 2.24) is 5.32 Å². The molecular formula is C74H134N2O6P+. The zero-order chi connectivity index (χ0) is 60.5. The average Bonchev–Trinajstić information content (AvgIpc) is 3.49. The van der Waals surface area contributed by atoms with Crippen molar-refractivity contribution in [2.75, 3.05) is 40.9 Å². The highest BCUT2D eigenvalue weighted by molar-refractivity contribution is 7.47. The molecule has 0 aliphatic heterocycles. The predicted octanol–water partition coefficient (Wildman–Crippen LogP) is 22.3. The maximum absolute atomic E-state index is 13.0. The molecule has 3 atom stereocenters. The number of carbonyl (C=O) groups excluding carboxylic acids is 1. The molecule has 9 heteroatoms. The normalized spacial score (nSPS) is 14.3. The van der Waals surface area contributed by atoms with Gasteiger partial charge in [-0.05, 0) is 96.3 Å². The lowest BCUT2D eigenvalue weighted by molar-refractivity contribution is -0.870. The fourth-order valence-electron chi connectivity index (χ4n) is 9.84. The van der Waals surface area contributed by atoms with Gasteiger partial charge < -0.3 is 19.8 Å². The largest absolute Gasteiger partial charge is 0.472 e. The van der Waals surface area contributed by atoms with E-state index in [9.17, 15) is 19.4 Å². The summed E-state index contributed by atoms with van der Waals surface area (Å²) in [6.45, 7) is 4.70. The molecule has 3 unspecified atom stereocenters. The van der Waals surface area contributed by atoms with Gasteiger partial charge in [-0.15, -0.1) is 0 Å². The Kier molecular flexibility index (Phi) is 61.5. The molecule has 0 spiro atoms. The van der Waals surface area contributed by atoms with E-state index < -0.39 is 20.0 Å². The number of unbranched alkanes of at least 4 members (excludes halogenated alkanes) is 34. The van der Waals surface area contributed by atoms with E-state index in [0.717, 1.165) is 83.5 Å². The maximum Gasteiger partial charge on any atom is 0.472 e. The number of allylic oxidation sites excluding steroid dienone is 17. The number of carbonyl (C=O) groups is 1. The van der Waals surface area contributed by atoms with Crippen molar-refractivity contribution in [3.63, 3.8) is 0 Å². The van der Waals surface area contributed by atoms with Gasteiger partial charge in [-0.25, -0.2) is 4.57 Å². The van der Waals surface area contributed by atoms with Crippen LogP contribution in [0, 0.1) is 0 Å². The first-order valence-corrected chi connectivity index (χ1v) is 36.3. The number of quaternary nitrogens is 1. The third-order valence-electron chi connectivity index (χ3n) is 15.2. The van der Waals surface area contributed by atoms with Crippen molar-refractivity contribution in [2.24, 2.45) is 0 Å². The molecule has 0 aromatic heterocycles. The van der Waals surface area contributed by atoms with Gasteiger partial charge in [0, 0.05) is 6.42 Å². The Balaban J connectivity index is 4.13. The third-order valence-corrected chi connectivity index (χ3v) is 16.2. The number of amides is 1. The van der Waals surface area contributed by atoms with E-state index in [4.69, 9.17) is 9.05 Å². The molecule has 1 amide bonds. The minimum Gasteiger partial charge on any atom is -0.387 e. The summed E-state index contributed by atoms with van der Waals surface area (Å²) in [6, 6.07) is -0.877. The molecule has 3 N–H and O–H groups in total. The first-order chi connectivity index (χ1) is 40.5. The minimum absolute atomic E-state index is 0.0502. The van der Waals surface area contributed by atoms with Gasteiger partial charge in [0.15, 0.2) is 0 Å². The van der Waals surface area contributed by atoms with Crippen LogP contribution in [0.5, 0.6) is 0 Å². The van der Waals surface area contributed by atoms with E-state index in [1.165, 1.54) is 199 Å². The number of phosphoric acid groups is 1. The van der Waals surface area contributed by atoms with Crippen LogP contribution in [-0.4, -0.2) is 73.4 Å². The van der Waals surface area contributed by atoms with Gasteiger partial charge in [-0.2, -0.15) is 0 Å². The zero-order valence-electron chi connectivity index (χ0n) is 54.9. The monoisotopic (exact) mass is 1180 g/mol. The van der Waals surface area contributed by atoms with Gasteiger partial charge in [0.2, 0.25) is 5.91 Å². The molecule has 0 bridgehead atoms. The fraction of sp³-hybridized carbons (Fsp3) is 0.743. The van der Waals surface area contributed by atoms with Gasteiger partial charge in [-0.1, -0.05) is 309 Å². The number of aliphatic hydroxyl groups excluding tert-OH is 1. The number of nitrogens with zero attached hydrogens (tertiary/aromatic N) is 1. The molecule has 0 aromatic carbocycles. The number of hydrogen-bond donors (Lipinski definition) is 3. The quantitative estimate of drug-likeness (QED) is 0.0243. The van der Waals surface area contributed by atoms with E-state index in [0.29, 0.717) is 17.4 Å². The molecule has 0 rings (SSSR count). The number of rotatable bonds is 63. The molecule has 0 fully saturated rings. The smallest absolute Gasteiger partial charge is 0.387 e. The fourth-order valence-corrected chi connectivity index (χ4v) is 10.6. The first kappa shape index (κ1) is 80.2. The lowest BCUT2D eigenvalue weighted by atomic mass is 10.0. The number of phosphoric ester groups is 1. The summed E-state index contributed by atoms with van der Waals surface area (Å²) in [5.41, 5.74) is 0. The molecule has 0 aliphatic carbocycles. The van der Waals surface area contributed by atoms with Crippen LogP contribution in [0.25, 0.3) is 0 Å². The second-order valence-corrected chi connectivity index (χ2v) is 26.0. The molecule has 0 heterocycles. The highest BCUT2D eigenvalue weighted by atomic mass is 31.2. The highest BCUT2D eigenvalue weighted by Gasteiger charge is 2.28. The van der Waals surface area contributed by atoms with Crippen molar-refractivity contribution in [2.45, 2.75) is 315 Å². The van der Waals surface area contributed by atoms with Gasteiger partial charge in [0.05, 0.1) is 39.9 Å². The van der Waals surface area contributed by atoms with Crippen LogP contribution in [0.3, 0.4) is 0 Å². The molecule has 0 aliphatic rings. The molecule has 0 radical (unpaired) electrons. The Morgan fingerprint density at radius 1 is 0.422 bits per heavy atom. The molecular weight excluding hydrogens is 1040 g/mol. The highest BCUT2D eigenvalue weighted by Crippen LogP contribution is 2.43. The molecule has 83 heavy (non-hydrogen) atoms. The Morgan fingerprint density at radius 2 is 0.735 bits per heavy atom. The molecule has 0 aromatic rings. The van der Waals surface area contributed by atoms with Crippen molar-refractivity contribution >= 4 is 13.7 Å². The Morgan fingerprint density at radius 3 is 1.11 bits per heavy atom. The lowest BCUT2D eigenvalue weighted by Crippen LogP contribution is -2.45. The number of aliphatic hydroxyl groups is 1. The van der Waals surface area contributed by atoms with Crippen LogP contribution in [0.1, 0.15) is 303 Å². The number of nitrogens with one attached hydrogen (secondary N) is 1. The maximum atomic E-state index is 13.0. The van der Waals surface area contributed by atoms with Crippen molar-refractivity contribution in [1.29, 1.82) is 0 Å². The summed E-state index contributed by atoms with van der Waals surface area (Å²) in [6.07, 6.45) is 93.8. The molecule has 0 saturated carbocycles. The average molecular weight is 1180 g/mol. The Hall–Kier alpha value is -2.84. The van der Waals surface area contributed by atoms with Crippen LogP contribution >= 0.6 is 7.82 Å². The van der Waals surface area contributed by atoms with Crippen molar-refractivity contribution in [3.05, 3.63) is 109 Å². The SMILES string of the molecule is CC/C=C\C/C=C\C/C=C\C/C=C\C/C=C\C/C=C\CCCCCCCCCCCCCCCCCCC(=O)NC(COP(=O)(O)OCC[N+](C)(C)C)C(O)/C=C/CC/C=C/CC/C=C/CCCCCCCCCCCCCCCCCC. The summed E-state index contributed by atoms with van der Waals surface area (Å²) >= 11 is 0. The van der Waals surface area contributed by atoms with E-state index in [1.807, 2.05) is 27.2 Å². The molecule has 0 saturated heterocycles. The number of likely N-dealkylation sites (N-methyl/N-ethyl adjacent to an activating group) is 1. The van der Waals surface area contributed by atoms with Gasteiger partial charge >= 0.3 is 7.82 Å². The topological polar surface area (TPSA) is 105 Å². The minimum atomic E-state index is -4.37. The summed E-state index contributed by atoms with van der Waals surface area (Å²) < 4.78 is 23.8. The molecule has 480 valence electrons. The first-order valence-electron chi connectivity index (χ1n) is 34.8. The Bertz CT molecular complexity index is 1720. The lowest BCUT2D eigenvalue weighted by Gasteiger charge is -2.25. The molecule has 8 nitrogen and oxygen atoms in total. The van der Waals surface area contributed by atoms with Gasteiger partial charge in [-0.3, -0.25) is 13.8 Å². The van der Waals surface area contributed by atoms with Crippen molar-refractivity contribution in [3.8, 4) is 0 Å². The predicted molar refractivity (Wildman–Crippen MR) is 364 cm³/mol. The van der Waals surface area contributed by atoms with Crippen LogP contribution in [-0.2, 0) is 18.4 Å². The summed E-state index contributed by atoms with van der Waals surface area (Å²) in [7, 11) is 1.54. The van der Waals surface area contributed by atoms with E-state index in [1.54, 1.807) is 6.08 Å². The van der Waals surface area contributed by atoms with Crippen molar-refractivity contribution < 1.29 is 32.9 Å². The summed E-state index contributed by atoms with van der Waals surface area (Å²) in [5, 5.41) is 14.0. The third kappa shape index (κ3) is 66.5. The van der Waals surface area contributed by atoms with Crippen LogP contribution in [0.2, 0.25) is 0 Å². The second kappa shape index (κ2) is 63.7. The summed E-state index contributed by atoms with van der Waals surface area (Å²) in [5.74, 6) is -0.191. The summed E-state index contributed by atoms with van der Waals surface area (Å²) in [4.78, 5) is 23.4. The van der Waals surface area contributed by atoms with E-state index in [2.05, 4.69) is 116 Å². The Labute approximate surface area is 514 Å². The van der Waals surface area contributed by atoms with Crippen LogP contribution in [0.15, 0.2) is 109 Å². The number of hydrogen-bond acceptors (Lipinski definition) is 5. The second-order valence-electron chi connectivity index (χ2n) is 24.5. The van der Waals surface area contributed by atoms with Crippen LogP contribution in [0.4, 0.5) is 0 Å². The van der Waals surface area contributed by atoms with Crippen LogP contribution < -0.4 is 5.32 Å². The zero-order valence-corrected chi connectivity index (χ0v) is 55.8. The van der Waals surface area contributed by atoms with Gasteiger partial charge in [0.25, 0.3) is 0 Å². The van der Waals surface area contributed by atoms with E-state index >= 15 is 0 Å². The van der Waals surface area contributed by atoms with E-state index in [-0.39, 0.29) is 19.1 Å². The standard InChI is InChI=1S/C74H133N2O6P/c1-6-8-10-12-14-16-18-20-22-24-26-28-30-32-34-35-36-37-38-39-40-41-42-44-46-48-50-52-54-56-58-60-62-64-66-68-74(78)75-72(71-82-83(79,80)81-70-69-76(3,4)5)73(77)67-65-63-61-59-57-55-53-51-49-47-45-43-33-31-29-27-25-23-21-19-17-15-13-11-9-7-2/h8,10,14,16,20,22,26,28,32,34,36-37,49,51,57,59,65,67,72-73,77H,6-7,9,11-13,15,17-19,21,23-25,27,29-31,33,35,38-48,50,52-56,58,60-64,66,68-71H2,1-5H3,(H-,75,78,79,80)/p+1/b10-8-,16-14-,22-20-,28-26-,34-32-,37-36-,51-49+,59-57+,67-65+. The van der Waals surface area contributed by atoms with Gasteiger partial charge in [0.1, 0.15) is 13.2 Å².